The molecule has 0 aliphatic heterocycles. The third kappa shape index (κ3) is 3.98. The fourth-order valence-corrected chi connectivity index (χ4v) is 2.92. The van der Waals surface area contributed by atoms with Crippen molar-refractivity contribution in [3.05, 3.63) is 23.5 Å². The Morgan fingerprint density at radius 2 is 2.04 bits per heavy atom. The number of hydrogen-bond donors (Lipinski definition) is 2. The van der Waals surface area contributed by atoms with E-state index in [9.17, 15) is 14.4 Å². The SMILES string of the molecule is CCN(CC(=O)O)C1CC(NC(=O)c2cc(C(C)=O)cn2C)C1. The third-order valence-electron chi connectivity index (χ3n) is 4.35. The lowest BCUT2D eigenvalue weighted by Gasteiger charge is -2.42. The second-order valence-corrected chi connectivity index (χ2v) is 6.03. The molecular weight excluding hydrogens is 298 g/mol. The smallest absolute Gasteiger partial charge is 0.317 e. The van der Waals surface area contributed by atoms with Crippen molar-refractivity contribution in [2.24, 2.45) is 7.05 Å². The van der Waals surface area contributed by atoms with E-state index < -0.39 is 5.97 Å². The molecule has 0 saturated heterocycles. The number of hydrogen-bond acceptors (Lipinski definition) is 4. The summed E-state index contributed by atoms with van der Waals surface area (Å²) < 4.78 is 1.64. The molecule has 0 unspecified atom stereocenters. The monoisotopic (exact) mass is 321 g/mol. The van der Waals surface area contributed by atoms with Gasteiger partial charge in [-0.1, -0.05) is 6.92 Å². The predicted octanol–water partition coefficient (Wildman–Crippen LogP) is 0.895. The zero-order chi connectivity index (χ0) is 17.1. The number of nitrogens with zero attached hydrogens (tertiary/aromatic N) is 2. The molecule has 1 fully saturated rings. The summed E-state index contributed by atoms with van der Waals surface area (Å²) in [5.41, 5.74) is 0.972. The van der Waals surface area contributed by atoms with Crippen LogP contribution in [0.4, 0.5) is 0 Å². The van der Waals surface area contributed by atoms with Crippen LogP contribution in [0.3, 0.4) is 0 Å². The van der Waals surface area contributed by atoms with Gasteiger partial charge in [-0.2, -0.15) is 0 Å². The second kappa shape index (κ2) is 6.95. The summed E-state index contributed by atoms with van der Waals surface area (Å²) in [5, 5.41) is 11.8. The zero-order valence-electron chi connectivity index (χ0n) is 13.7. The molecule has 0 spiro atoms. The molecule has 2 rings (SSSR count). The molecule has 0 bridgehead atoms. The highest BCUT2D eigenvalue weighted by Gasteiger charge is 2.35. The van der Waals surface area contributed by atoms with Crippen molar-refractivity contribution < 1.29 is 19.5 Å². The highest BCUT2D eigenvalue weighted by atomic mass is 16.4. The molecule has 1 saturated carbocycles. The standard InChI is InChI=1S/C16H23N3O4/c1-4-19(9-15(21)22)13-6-12(7-13)17-16(23)14-5-11(10(2)20)8-18(14)3/h5,8,12-13H,4,6-7,9H2,1-3H3,(H,17,23)(H,21,22). The zero-order valence-corrected chi connectivity index (χ0v) is 13.7. The van der Waals surface area contributed by atoms with Gasteiger partial charge in [0.25, 0.3) is 5.91 Å². The van der Waals surface area contributed by atoms with Crippen LogP contribution in [-0.4, -0.2) is 57.4 Å². The molecule has 0 aromatic carbocycles. The molecule has 1 aliphatic rings. The van der Waals surface area contributed by atoms with Crippen molar-refractivity contribution in [1.29, 1.82) is 0 Å². The molecule has 1 amide bonds. The number of nitrogens with one attached hydrogen (secondary N) is 1. The average Bonchev–Trinajstić information content (AvgIpc) is 2.82. The Bertz CT molecular complexity index is 617. The molecule has 7 nitrogen and oxygen atoms in total. The van der Waals surface area contributed by atoms with Crippen molar-refractivity contribution in [3.8, 4) is 0 Å². The first-order chi connectivity index (χ1) is 10.8. The van der Waals surface area contributed by atoms with E-state index in [0.717, 1.165) is 12.8 Å². The van der Waals surface area contributed by atoms with Crippen molar-refractivity contribution >= 4 is 17.7 Å². The lowest BCUT2D eigenvalue weighted by Crippen LogP contribution is -2.54. The molecule has 1 aromatic rings. The molecule has 1 aromatic heterocycles. The van der Waals surface area contributed by atoms with Crippen molar-refractivity contribution in [3.63, 3.8) is 0 Å². The molecule has 1 heterocycles. The maximum absolute atomic E-state index is 12.3. The Balaban J connectivity index is 1.89. The number of carboxylic acid groups (broad SMARTS) is 1. The molecule has 0 radical (unpaired) electrons. The molecule has 126 valence electrons. The van der Waals surface area contributed by atoms with E-state index in [1.807, 2.05) is 11.8 Å². The molecule has 0 atom stereocenters. The minimum atomic E-state index is -0.833. The van der Waals surface area contributed by atoms with Gasteiger partial charge in [-0.05, 0) is 32.4 Å². The molecule has 23 heavy (non-hydrogen) atoms. The Morgan fingerprint density at radius 3 is 2.52 bits per heavy atom. The number of ketones is 1. The summed E-state index contributed by atoms with van der Waals surface area (Å²) >= 11 is 0. The number of aromatic nitrogens is 1. The third-order valence-corrected chi connectivity index (χ3v) is 4.35. The quantitative estimate of drug-likeness (QED) is 0.728. The fourth-order valence-electron chi connectivity index (χ4n) is 2.92. The number of aryl methyl sites for hydroxylation is 1. The number of rotatable bonds is 7. The van der Waals surface area contributed by atoms with Gasteiger partial charge in [-0.25, -0.2) is 0 Å². The van der Waals surface area contributed by atoms with E-state index in [2.05, 4.69) is 5.32 Å². The van der Waals surface area contributed by atoms with Gasteiger partial charge in [0.05, 0.1) is 6.54 Å². The predicted molar refractivity (Wildman–Crippen MR) is 84.6 cm³/mol. The fraction of sp³-hybridized carbons (Fsp3) is 0.562. The van der Waals surface area contributed by atoms with Crippen molar-refractivity contribution in [2.75, 3.05) is 13.1 Å². The van der Waals surface area contributed by atoms with Crippen LogP contribution in [0.15, 0.2) is 12.3 Å². The summed E-state index contributed by atoms with van der Waals surface area (Å²) in [4.78, 5) is 36.4. The highest BCUT2D eigenvalue weighted by Crippen LogP contribution is 2.26. The lowest BCUT2D eigenvalue weighted by atomic mass is 9.85. The number of amides is 1. The van der Waals surface area contributed by atoms with Gasteiger partial charge in [0.15, 0.2) is 5.78 Å². The molecule has 1 aliphatic carbocycles. The maximum Gasteiger partial charge on any atom is 0.317 e. The van der Waals surface area contributed by atoms with Crippen molar-refractivity contribution in [2.45, 2.75) is 38.8 Å². The topological polar surface area (TPSA) is 91.6 Å². The molecule has 2 N–H and O–H groups in total. The molecule has 7 heteroatoms. The van der Waals surface area contributed by atoms with Gasteiger partial charge in [-0.15, -0.1) is 0 Å². The number of carbonyl (C=O) groups excluding carboxylic acids is 2. The Labute approximate surface area is 135 Å². The van der Waals surface area contributed by atoms with Gasteiger partial charge >= 0.3 is 5.97 Å². The second-order valence-electron chi connectivity index (χ2n) is 6.03. The lowest BCUT2D eigenvalue weighted by molar-refractivity contribution is -0.139. The van der Waals surface area contributed by atoms with Crippen molar-refractivity contribution in [1.82, 2.24) is 14.8 Å². The first kappa shape index (κ1) is 17.2. The first-order valence-corrected chi connectivity index (χ1v) is 7.75. The van der Waals surface area contributed by atoms with Gasteiger partial charge < -0.3 is 15.0 Å². The van der Waals surface area contributed by atoms with E-state index in [-0.39, 0.29) is 30.3 Å². The van der Waals surface area contributed by atoms with E-state index >= 15 is 0 Å². The van der Waals surface area contributed by atoms with E-state index in [4.69, 9.17) is 5.11 Å². The van der Waals surface area contributed by atoms with Crippen LogP contribution in [0.25, 0.3) is 0 Å². The number of aliphatic carboxylic acids is 1. The van der Waals surface area contributed by atoms with Crippen LogP contribution >= 0.6 is 0 Å². The summed E-state index contributed by atoms with van der Waals surface area (Å²) in [6.07, 6.45) is 3.14. The minimum Gasteiger partial charge on any atom is -0.480 e. The molecular formula is C16H23N3O4. The number of likely N-dealkylation sites (N-methyl/N-ethyl adjacent to an activating group) is 1. The van der Waals surface area contributed by atoms with Crippen LogP contribution in [0.2, 0.25) is 0 Å². The number of carbonyl (C=O) groups is 3. The Kier molecular flexibility index (Phi) is 5.20. The highest BCUT2D eigenvalue weighted by molar-refractivity contribution is 5.99. The normalized spacial score (nSPS) is 20.2. The Hall–Kier alpha value is -2.15. The summed E-state index contributed by atoms with van der Waals surface area (Å²) in [7, 11) is 1.73. The van der Waals surface area contributed by atoms with Crippen LogP contribution < -0.4 is 5.32 Å². The number of Topliss-reactive ketones (excluding diaryl/α,β-unsaturated/α-hetero) is 1. The first-order valence-electron chi connectivity index (χ1n) is 7.75. The largest absolute Gasteiger partial charge is 0.480 e. The Morgan fingerprint density at radius 1 is 1.39 bits per heavy atom. The van der Waals surface area contributed by atoms with Crippen LogP contribution in [0.1, 0.15) is 47.5 Å². The maximum atomic E-state index is 12.3. The van der Waals surface area contributed by atoms with E-state index in [1.54, 1.807) is 23.9 Å². The summed E-state index contributed by atoms with van der Waals surface area (Å²) in [5.74, 6) is -1.11. The van der Waals surface area contributed by atoms with Gasteiger partial charge in [0.2, 0.25) is 0 Å². The van der Waals surface area contributed by atoms with Crippen LogP contribution in [-0.2, 0) is 11.8 Å². The van der Waals surface area contributed by atoms with Gasteiger partial charge in [0, 0.05) is 30.9 Å². The van der Waals surface area contributed by atoms with Crippen LogP contribution in [0, 0.1) is 0 Å². The minimum absolute atomic E-state index is 0.0294. The number of carboxylic acids is 1. The van der Waals surface area contributed by atoms with Gasteiger partial charge in [-0.3, -0.25) is 19.3 Å². The summed E-state index contributed by atoms with van der Waals surface area (Å²) in [6, 6.07) is 1.84. The summed E-state index contributed by atoms with van der Waals surface area (Å²) in [6.45, 7) is 4.11. The van der Waals surface area contributed by atoms with Crippen LogP contribution in [0.5, 0.6) is 0 Å². The average molecular weight is 321 g/mol. The van der Waals surface area contributed by atoms with E-state index in [1.165, 1.54) is 6.92 Å². The van der Waals surface area contributed by atoms with E-state index in [0.29, 0.717) is 17.8 Å². The van der Waals surface area contributed by atoms with Gasteiger partial charge in [0.1, 0.15) is 5.69 Å².